The Kier molecular flexibility index (Phi) is 10.4. The zero-order chi connectivity index (χ0) is 19.2. The molecule has 3 nitrogen and oxygen atoms in total. The van der Waals surface area contributed by atoms with E-state index in [9.17, 15) is 0 Å². The van der Waals surface area contributed by atoms with Crippen molar-refractivity contribution in [2.75, 3.05) is 20.3 Å². The van der Waals surface area contributed by atoms with Gasteiger partial charge in [-0.3, -0.25) is 0 Å². The number of hydrogen-bond donors (Lipinski definition) is 1. The number of methoxy groups -OCH3 is 1. The lowest BCUT2D eigenvalue weighted by Gasteiger charge is -2.13. The van der Waals surface area contributed by atoms with Crippen molar-refractivity contribution >= 4 is 0 Å². The molecule has 0 atom stereocenters. The Morgan fingerprint density at radius 2 is 1.63 bits per heavy atom. The lowest BCUT2D eigenvalue weighted by molar-refractivity contribution is 0.284. The second kappa shape index (κ2) is 13.2. The second-order valence-corrected chi connectivity index (χ2v) is 7.01. The minimum absolute atomic E-state index is 0.761. The number of hydrogen-bond acceptors (Lipinski definition) is 3. The molecule has 0 radical (unpaired) electrons. The molecule has 148 valence electrons. The largest absolute Gasteiger partial charge is 0.493 e. The quantitative estimate of drug-likeness (QED) is 0.429. The fraction of sp³-hybridized carbons (Fsp3) is 0.500. The Morgan fingerprint density at radius 1 is 0.815 bits per heavy atom. The van der Waals surface area contributed by atoms with Crippen LogP contribution in [0.1, 0.15) is 56.6 Å². The molecule has 2 rings (SSSR count). The maximum atomic E-state index is 5.91. The zero-order valence-corrected chi connectivity index (χ0v) is 17.0. The smallest absolute Gasteiger partial charge is 0.161 e. The number of nitrogens with one attached hydrogen (secondary N) is 1. The number of rotatable bonds is 14. The molecule has 2 aromatic rings. The lowest BCUT2D eigenvalue weighted by atomic mass is 10.1. The Hall–Kier alpha value is -2.00. The van der Waals surface area contributed by atoms with Gasteiger partial charge in [0.2, 0.25) is 0 Å². The number of unbranched alkanes of at least 4 members (excludes halogenated alkanes) is 4. The van der Waals surface area contributed by atoms with Gasteiger partial charge in [0.05, 0.1) is 13.7 Å². The van der Waals surface area contributed by atoms with Gasteiger partial charge in [-0.05, 0) is 49.1 Å². The lowest BCUT2D eigenvalue weighted by Crippen LogP contribution is -2.15. The Labute approximate surface area is 165 Å². The molecule has 1 N–H and O–H groups in total. The predicted octanol–water partition coefficient (Wildman–Crippen LogP) is 5.77. The third-order valence-corrected chi connectivity index (χ3v) is 4.72. The minimum Gasteiger partial charge on any atom is -0.493 e. The van der Waals surface area contributed by atoms with Crippen molar-refractivity contribution in [3.63, 3.8) is 0 Å². The average Bonchev–Trinajstić information content (AvgIpc) is 2.71. The molecule has 0 aliphatic rings. The van der Waals surface area contributed by atoms with E-state index in [0.29, 0.717) is 0 Å². The first-order chi connectivity index (χ1) is 13.3. The summed E-state index contributed by atoms with van der Waals surface area (Å²) in [5, 5.41) is 3.52. The van der Waals surface area contributed by atoms with E-state index in [-0.39, 0.29) is 0 Å². The molecule has 0 saturated carbocycles. The van der Waals surface area contributed by atoms with E-state index < -0.39 is 0 Å². The van der Waals surface area contributed by atoms with Gasteiger partial charge in [-0.25, -0.2) is 0 Å². The van der Waals surface area contributed by atoms with Crippen molar-refractivity contribution in [3.05, 3.63) is 59.7 Å². The van der Waals surface area contributed by atoms with E-state index in [1.165, 1.54) is 36.8 Å². The summed E-state index contributed by atoms with van der Waals surface area (Å²) in [5.74, 6) is 1.67. The van der Waals surface area contributed by atoms with E-state index in [2.05, 4.69) is 54.7 Å². The molecule has 0 spiro atoms. The number of benzene rings is 2. The maximum absolute atomic E-state index is 5.91. The first-order valence-electron chi connectivity index (χ1n) is 10.4. The molecule has 0 amide bonds. The van der Waals surface area contributed by atoms with Gasteiger partial charge in [0.25, 0.3) is 0 Å². The molecular weight excluding hydrogens is 334 g/mol. The molecule has 2 aromatic carbocycles. The highest BCUT2D eigenvalue weighted by molar-refractivity contribution is 5.42. The summed E-state index contributed by atoms with van der Waals surface area (Å²) in [6.45, 7) is 4.86. The van der Waals surface area contributed by atoms with Crippen LogP contribution < -0.4 is 14.8 Å². The van der Waals surface area contributed by atoms with Crippen LogP contribution in [0.4, 0.5) is 0 Å². The molecule has 0 aromatic heterocycles. The van der Waals surface area contributed by atoms with Crippen LogP contribution in [-0.4, -0.2) is 20.3 Å². The average molecular weight is 370 g/mol. The van der Waals surface area contributed by atoms with Crippen molar-refractivity contribution in [1.29, 1.82) is 0 Å². The highest BCUT2D eigenvalue weighted by Gasteiger charge is 2.06. The highest BCUT2D eigenvalue weighted by atomic mass is 16.5. The Balaban J connectivity index is 1.68. The topological polar surface area (TPSA) is 30.5 Å². The summed E-state index contributed by atoms with van der Waals surface area (Å²) in [6.07, 6.45) is 8.48. The van der Waals surface area contributed by atoms with Crippen LogP contribution in [0.5, 0.6) is 11.5 Å². The van der Waals surface area contributed by atoms with E-state index in [0.717, 1.165) is 50.5 Å². The number of ether oxygens (including phenoxy) is 2. The molecule has 0 bridgehead atoms. The van der Waals surface area contributed by atoms with Gasteiger partial charge in [-0.15, -0.1) is 0 Å². The zero-order valence-electron chi connectivity index (χ0n) is 17.0. The molecule has 0 saturated heterocycles. The molecule has 3 heteroatoms. The van der Waals surface area contributed by atoms with Gasteiger partial charge in [0.15, 0.2) is 11.5 Å². The summed E-state index contributed by atoms with van der Waals surface area (Å²) in [7, 11) is 1.71. The SMILES string of the molecule is CCCCCCCOc1ccc(CNCCCc2ccccc2)cc1OC. The Morgan fingerprint density at radius 3 is 2.41 bits per heavy atom. The van der Waals surface area contributed by atoms with Crippen LogP contribution in [0.25, 0.3) is 0 Å². The van der Waals surface area contributed by atoms with E-state index >= 15 is 0 Å². The van der Waals surface area contributed by atoms with E-state index in [4.69, 9.17) is 9.47 Å². The van der Waals surface area contributed by atoms with Crippen LogP contribution >= 0.6 is 0 Å². The maximum Gasteiger partial charge on any atom is 0.161 e. The summed E-state index contributed by atoms with van der Waals surface area (Å²) in [5.41, 5.74) is 2.62. The standard InChI is InChI=1S/C24H35NO2/c1-3-4-5-6-10-18-27-23-16-15-22(19-24(23)26-2)20-25-17-11-14-21-12-8-7-9-13-21/h7-9,12-13,15-16,19,25H,3-6,10-11,14,17-18,20H2,1-2H3. The molecule has 0 fully saturated rings. The molecule has 0 heterocycles. The van der Waals surface area contributed by atoms with Gasteiger partial charge in [-0.2, -0.15) is 0 Å². The number of aryl methyl sites for hydroxylation is 1. The molecule has 0 aliphatic carbocycles. The van der Waals surface area contributed by atoms with Crippen molar-refractivity contribution < 1.29 is 9.47 Å². The first-order valence-corrected chi connectivity index (χ1v) is 10.4. The fourth-order valence-corrected chi connectivity index (χ4v) is 3.12. The normalized spacial score (nSPS) is 10.7. The Bertz CT molecular complexity index is 628. The summed E-state index contributed by atoms with van der Waals surface area (Å²) in [4.78, 5) is 0. The van der Waals surface area contributed by atoms with Crippen LogP contribution in [-0.2, 0) is 13.0 Å². The molecule has 27 heavy (non-hydrogen) atoms. The van der Waals surface area contributed by atoms with Crippen LogP contribution in [0.2, 0.25) is 0 Å². The summed E-state index contributed by atoms with van der Waals surface area (Å²) >= 11 is 0. The van der Waals surface area contributed by atoms with Crippen LogP contribution in [0, 0.1) is 0 Å². The highest BCUT2D eigenvalue weighted by Crippen LogP contribution is 2.28. The van der Waals surface area contributed by atoms with Crippen LogP contribution in [0.15, 0.2) is 48.5 Å². The van der Waals surface area contributed by atoms with E-state index in [1.54, 1.807) is 7.11 Å². The van der Waals surface area contributed by atoms with Gasteiger partial charge < -0.3 is 14.8 Å². The minimum atomic E-state index is 0.761. The molecular formula is C24H35NO2. The third-order valence-electron chi connectivity index (χ3n) is 4.72. The van der Waals surface area contributed by atoms with Crippen molar-refractivity contribution in [2.24, 2.45) is 0 Å². The molecule has 0 aliphatic heterocycles. The van der Waals surface area contributed by atoms with Gasteiger partial charge >= 0.3 is 0 Å². The van der Waals surface area contributed by atoms with Gasteiger partial charge in [0.1, 0.15) is 0 Å². The van der Waals surface area contributed by atoms with Gasteiger partial charge in [0, 0.05) is 6.54 Å². The van der Waals surface area contributed by atoms with E-state index in [1.807, 2.05) is 6.07 Å². The fourth-order valence-electron chi connectivity index (χ4n) is 3.12. The second-order valence-electron chi connectivity index (χ2n) is 7.01. The van der Waals surface area contributed by atoms with Crippen molar-refractivity contribution in [3.8, 4) is 11.5 Å². The summed E-state index contributed by atoms with van der Waals surface area (Å²) < 4.78 is 11.4. The first kappa shape index (κ1) is 21.3. The van der Waals surface area contributed by atoms with Crippen molar-refractivity contribution in [1.82, 2.24) is 5.32 Å². The third kappa shape index (κ3) is 8.49. The monoisotopic (exact) mass is 369 g/mol. The van der Waals surface area contributed by atoms with Gasteiger partial charge in [-0.1, -0.05) is 69.0 Å². The summed E-state index contributed by atoms with van der Waals surface area (Å²) in [6, 6.07) is 16.9. The van der Waals surface area contributed by atoms with Crippen molar-refractivity contribution in [2.45, 2.75) is 58.4 Å². The van der Waals surface area contributed by atoms with Crippen LogP contribution in [0.3, 0.4) is 0 Å². The molecule has 0 unspecified atom stereocenters. The predicted molar refractivity (Wildman–Crippen MR) is 114 cm³/mol.